The van der Waals surface area contributed by atoms with Crippen LogP contribution in [0.5, 0.6) is 0 Å². The number of hydrogen-bond acceptors (Lipinski definition) is 5. The molecule has 5 rings (SSSR count). The lowest BCUT2D eigenvalue weighted by Crippen LogP contribution is -2.34. The van der Waals surface area contributed by atoms with Crippen LogP contribution in [0.4, 0.5) is 4.39 Å². The highest BCUT2D eigenvalue weighted by Crippen LogP contribution is 2.30. The summed E-state index contributed by atoms with van der Waals surface area (Å²) in [6, 6.07) is 12.4. The topological polar surface area (TPSA) is 83.0 Å². The molecule has 35 heavy (non-hydrogen) atoms. The van der Waals surface area contributed by atoms with Crippen LogP contribution in [0.15, 0.2) is 42.6 Å². The van der Waals surface area contributed by atoms with Crippen LogP contribution in [0.2, 0.25) is 0 Å². The first-order chi connectivity index (χ1) is 16.8. The molecule has 2 aromatic heterocycles. The van der Waals surface area contributed by atoms with E-state index >= 15 is 0 Å². The maximum atomic E-state index is 14.6. The Labute approximate surface area is 202 Å². The highest BCUT2D eigenvalue weighted by Gasteiger charge is 2.32. The molecule has 1 amide bonds. The van der Waals surface area contributed by atoms with E-state index in [2.05, 4.69) is 10.00 Å². The largest absolute Gasteiger partial charge is 0.336 e. The van der Waals surface area contributed by atoms with Gasteiger partial charge in [0.15, 0.2) is 0 Å². The Morgan fingerprint density at radius 3 is 2.71 bits per heavy atom. The second-order valence-corrected chi connectivity index (χ2v) is 9.21. The summed E-state index contributed by atoms with van der Waals surface area (Å²) in [5.74, 6) is -0.314. The lowest BCUT2D eigenvalue weighted by Gasteiger charge is -2.20. The molecule has 1 saturated heterocycles. The molecule has 0 radical (unpaired) electrons. The quantitative estimate of drug-likeness (QED) is 0.455. The Morgan fingerprint density at radius 2 is 2.03 bits per heavy atom. The predicted octanol–water partition coefficient (Wildman–Crippen LogP) is 3.52. The van der Waals surface area contributed by atoms with Crippen molar-refractivity contribution in [2.45, 2.75) is 19.4 Å². The van der Waals surface area contributed by atoms with Crippen molar-refractivity contribution in [3.05, 3.63) is 65.4 Å². The summed E-state index contributed by atoms with van der Waals surface area (Å²) in [6.45, 7) is 3.16. The minimum absolute atomic E-state index is 0.0385. The Morgan fingerprint density at radius 1 is 1.23 bits per heavy atom. The number of aryl methyl sites for hydroxylation is 1. The van der Waals surface area contributed by atoms with Gasteiger partial charge in [0.25, 0.3) is 5.91 Å². The van der Waals surface area contributed by atoms with Crippen molar-refractivity contribution in [2.24, 2.45) is 7.05 Å². The summed E-state index contributed by atoms with van der Waals surface area (Å²) < 4.78 is 18.2. The molecule has 9 heteroatoms. The summed E-state index contributed by atoms with van der Waals surface area (Å²) in [7, 11) is 5.90. The summed E-state index contributed by atoms with van der Waals surface area (Å²) in [5, 5.41) is 14.5. The molecule has 8 nitrogen and oxygen atoms in total. The first kappa shape index (κ1) is 22.7. The predicted molar refractivity (Wildman–Crippen MR) is 131 cm³/mol. The SMILES string of the molecule is Cc1c(C(=O)N2CCC(N(C)C)C2)nc(-c2ccc(C#N)c(F)c2)n1-c1ccc2nn(C)cc2c1. The van der Waals surface area contributed by atoms with E-state index in [1.54, 1.807) is 10.7 Å². The van der Waals surface area contributed by atoms with Crippen molar-refractivity contribution in [3.63, 3.8) is 0 Å². The number of benzene rings is 2. The van der Waals surface area contributed by atoms with Crippen LogP contribution in [0, 0.1) is 24.1 Å². The maximum Gasteiger partial charge on any atom is 0.274 e. The fourth-order valence-electron chi connectivity index (χ4n) is 4.73. The third kappa shape index (κ3) is 3.96. The molecule has 0 spiro atoms. The van der Waals surface area contributed by atoms with Gasteiger partial charge in [0, 0.05) is 49.0 Å². The first-order valence-electron chi connectivity index (χ1n) is 11.5. The highest BCUT2D eigenvalue weighted by molar-refractivity contribution is 5.95. The Bertz CT molecular complexity index is 1490. The van der Waals surface area contributed by atoms with Crippen LogP contribution < -0.4 is 0 Å². The summed E-state index contributed by atoms with van der Waals surface area (Å²) in [6.07, 6.45) is 2.83. The highest BCUT2D eigenvalue weighted by atomic mass is 19.1. The molecule has 178 valence electrons. The number of rotatable bonds is 4. The van der Waals surface area contributed by atoms with Gasteiger partial charge in [-0.25, -0.2) is 9.37 Å². The Hall–Kier alpha value is -4.03. The molecule has 2 aromatic carbocycles. The average Bonchev–Trinajstić information content (AvgIpc) is 3.54. The molecular formula is C26H26FN7O. The normalized spacial score (nSPS) is 15.8. The first-order valence-corrected chi connectivity index (χ1v) is 11.5. The third-order valence-corrected chi connectivity index (χ3v) is 6.70. The molecule has 0 bridgehead atoms. The van der Waals surface area contributed by atoms with Crippen molar-refractivity contribution in [1.29, 1.82) is 5.26 Å². The zero-order valence-electron chi connectivity index (χ0n) is 20.2. The number of likely N-dealkylation sites (tertiary alicyclic amines) is 1. The van der Waals surface area contributed by atoms with Crippen LogP contribution in [0.25, 0.3) is 28.0 Å². The lowest BCUT2D eigenvalue weighted by atomic mass is 10.1. The standard InChI is InChI=1S/C26H26FN7O/c1-16-24(26(35)33-10-9-21(15-33)31(2)3)29-25(17-5-6-18(13-28)22(27)12-17)34(16)20-7-8-23-19(11-20)14-32(4)30-23/h5-8,11-12,14,21H,9-10,15H2,1-4H3. The number of carbonyl (C=O) groups excluding carboxylic acids is 1. The fraction of sp³-hybridized carbons (Fsp3) is 0.308. The number of amides is 1. The van der Waals surface area contributed by atoms with Gasteiger partial charge in [0.2, 0.25) is 0 Å². The van der Waals surface area contributed by atoms with Gasteiger partial charge in [0.05, 0.1) is 16.8 Å². The molecule has 0 saturated carbocycles. The molecule has 1 atom stereocenters. The van der Waals surface area contributed by atoms with Gasteiger partial charge >= 0.3 is 0 Å². The van der Waals surface area contributed by atoms with Gasteiger partial charge < -0.3 is 9.80 Å². The number of fused-ring (bicyclic) bond motifs is 1. The van der Waals surface area contributed by atoms with Gasteiger partial charge in [-0.1, -0.05) is 0 Å². The second-order valence-electron chi connectivity index (χ2n) is 9.21. The van der Waals surface area contributed by atoms with Crippen LogP contribution in [0.3, 0.4) is 0 Å². The van der Waals surface area contributed by atoms with E-state index in [0.29, 0.717) is 41.9 Å². The molecular weight excluding hydrogens is 445 g/mol. The van der Waals surface area contributed by atoms with E-state index in [1.807, 2.05) is 68.0 Å². The number of likely N-dealkylation sites (N-methyl/N-ethyl adjacent to an activating group) is 1. The van der Waals surface area contributed by atoms with Crippen molar-refractivity contribution in [2.75, 3.05) is 27.2 Å². The average molecular weight is 472 g/mol. The zero-order valence-corrected chi connectivity index (χ0v) is 20.2. The minimum Gasteiger partial charge on any atom is -0.336 e. The number of hydrogen-bond donors (Lipinski definition) is 0. The van der Waals surface area contributed by atoms with Gasteiger partial charge in [-0.05, 0) is 63.8 Å². The molecule has 1 unspecified atom stereocenters. The number of carbonyl (C=O) groups is 1. The van der Waals surface area contributed by atoms with Crippen LogP contribution >= 0.6 is 0 Å². The molecule has 3 heterocycles. The molecule has 0 N–H and O–H groups in total. The van der Waals surface area contributed by atoms with E-state index in [0.717, 1.165) is 23.0 Å². The van der Waals surface area contributed by atoms with Gasteiger partial charge in [-0.2, -0.15) is 10.4 Å². The number of halogens is 1. The molecule has 0 aliphatic carbocycles. The van der Waals surface area contributed by atoms with Crippen LogP contribution in [0.1, 0.15) is 28.2 Å². The molecule has 1 aliphatic rings. The lowest BCUT2D eigenvalue weighted by molar-refractivity contribution is 0.0777. The molecule has 4 aromatic rings. The van der Waals surface area contributed by atoms with E-state index in [9.17, 15) is 9.18 Å². The van der Waals surface area contributed by atoms with Crippen LogP contribution in [-0.2, 0) is 7.05 Å². The van der Waals surface area contributed by atoms with Gasteiger partial charge in [-0.15, -0.1) is 0 Å². The van der Waals surface area contributed by atoms with Crippen molar-refractivity contribution in [3.8, 4) is 23.1 Å². The summed E-state index contributed by atoms with van der Waals surface area (Å²) >= 11 is 0. The number of nitrogens with zero attached hydrogens (tertiary/aromatic N) is 7. The molecule has 1 fully saturated rings. The van der Waals surface area contributed by atoms with Crippen molar-refractivity contribution >= 4 is 16.8 Å². The Balaban J connectivity index is 1.65. The van der Waals surface area contributed by atoms with E-state index < -0.39 is 5.82 Å². The molecule has 1 aliphatic heterocycles. The number of aromatic nitrogens is 4. The summed E-state index contributed by atoms with van der Waals surface area (Å²) in [5.41, 5.74) is 3.11. The van der Waals surface area contributed by atoms with Crippen molar-refractivity contribution in [1.82, 2.24) is 29.1 Å². The summed E-state index contributed by atoms with van der Waals surface area (Å²) in [4.78, 5) is 22.3. The van der Waals surface area contributed by atoms with Gasteiger partial charge in [0.1, 0.15) is 23.4 Å². The second kappa shape index (κ2) is 8.64. The third-order valence-electron chi connectivity index (χ3n) is 6.70. The maximum absolute atomic E-state index is 14.6. The minimum atomic E-state index is -0.624. The number of nitriles is 1. The fourth-order valence-corrected chi connectivity index (χ4v) is 4.73. The van der Waals surface area contributed by atoms with Crippen molar-refractivity contribution < 1.29 is 9.18 Å². The van der Waals surface area contributed by atoms with E-state index in [4.69, 9.17) is 10.2 Å². The van der Waals surface area contributed by atoms with Gasteiger partial charge in [-0.3, -0.25) is 14.0 Å². The number of imidazole rings is 1. The van der Waals surface area contributed by atoms with E-state index in [-0.39, 0.29) is 11.5 Å². The monoisotopic (exact) mass is 471 g/mol. The van der Waals surface area contributed by atoms with Crippen LogP contribution in [-0.4, -0.2) is 68.3 Å². The smallest absolute Gasteiger partial charge is 0.274 e. The zero-order chi connectivity index (χ0) is 24.9. The van der Waals surface area contributed by atoms with E-state index in [1.165, 1.54) is 12.1 Å². The Kier molecular flexibility index (Phi) is 5.61.